The van der Waals surface area contributed by atoms with Crippen molar-refractivity contribution in [2.24, 2.45) is 0 Å². The maximum absolute atomic E-state index is 11.3. The number of carboxylic acid groups (broad SMARTS) is 1. The Morgan fingerprint density at radius 3 is 2.45 bits per heavy atom. The second-order valence-electron chi connectivity index (χ2n) is 4.29. The van der Waals surface area contributed by atoms with Gasteiger partial charge >= 0.3 is 5.97 Å². The summed E-state index contributed by atoms with van der Waals surface area (Å²) in [7, 11) is 1.62. The van der Waals surface area contributed by atoms with Gasteiger partial charge in [0.25, 0.3) is 0 Å². The summed E-state index contributed by atoms with van der Waals surface area (Å²) >= 11 is 0. The van der Waals surface area contributed by atoms with Crippen molar-refractivity contribution in [1.29, 1.82) is 0 Å². The van der Waals surface area contributed by atoms with Crippen LogP contribution in [-0.4, -0.2) is 24.7 Å². The fourth-order valence-electron chi connectivity index (χ4n) is 2.11. The topological polar surface area (TPSA) is 58.6 Å². The average Bonchev–Trinajstić information content (AvgIpc) is 2.47. The highest BCUT2D eigenvalue weighted by Crippen LogP contribution is 2.32. The third-order valence-electron chi connectivity index (χ3n) is 3.05. The average molecular weight is 271 g/mol. The number of aromatic carboxylic acids is 1. The molecule has 0 unspecified atom stereocenters. The molecule has 0 saturated heterocycles. The zero-order valence-electron chi connectivity index (χ0n) is 11.5. The third-order valence-corrected chi connectivity index (χ3v) is 3.05. The van der Waals surface area contributed by atoms with Crippen LogP contribution in [0.1, 0.15) is 17.3 Å². The maximum atomic E-state index is 11.3. The van der Waals surface area contributed by atoms with Gasteiger partial charge in [-0.3, -0.25) is 0 Å². The molecule has 0 aromatic heterocycles. The van der Waals surface area contributed by atoms with Crippen molar-refractivity contribution in [2.75, 3.05) is 19.0 Å². The lowest BCUT2D eigenvalue weighted by Crippen LogP contribution is -2.07. The van der Waals surface area contributed by atoms with Crippen LogP contribution < -0.4 is 10.1 Å². The predicted octanol–water partition coefficient (Wildman–Crippen LogP) is 3.49. The van der Waals surface area contributed by atoms with Crippen LogP contribution in [0.25, 0.3) is 11.1 Å². The Bertz CT molecular complexity index is 606. The summed E-state index contributed by atoms with van der Waals surface area (Å²) in [6, 6.07) is 12.8. The number of carboxylic acids is 1. The van der Waals surface area contributed by atoms with E-state index < -0.39 is 5.97 Å². The highest BCUT2D eigenvalue weighted by atomic mass is 16.5. The molecule has 4 nitrogen and oxygen atoms in total. The van der Waals surface area contributed by atoms with Gasteiger partial charge < -0.3 is 15.2 Å². The minimum Gasteiger partial charge on any atom is -0.497 e. The highest BCUT2D eigenvalue weighted by Gasteiger charge is 2.14. The molecule has 20 heavy (non-hydrogen) atoms. The van der Waals surface area contributed by atoms with E-state index in [0.717, 1.165) is 16.9 Å². The summed E-state index contributed by atoms with van der Waals surface area (Å²) < 4.78 is 5.14. The molecule has 0 bridgehead atoms. The van der Waals surface area contributed by atoms with E-state index in [2.05, 4.69) is 5.32 Å². The zero-order valence-corrected chi connectivity index (χ0v) is 11.5. The first-order valence-corrected chi connectivity index (χ1v) is 6.42. The van der Waals surface area contributed by atoms with E-state index in [9.17, 15) is 9.90 Å². The molecule has 0 fully saturated rings. The molecule has 0 spiro atoms. The summed E-state index contributed by atoms with van der Waals surface area (Å²) in [6.07, 6.45) is 0. The van der Waals surface area contributed by atoms with Gasteiger partial charge in [-0.25, -0.2) is 4.79 Å². The van der Waals surface area contributed by atoms with Crippen LogP contribution in [-0.2, 0) is 0 Å². The van der Waals surface area contributed by atoms with Crippen LogP contribution in [0.5, 0.6) is 5.75 Å². The molecule has 0 amide bonds. The first-order valence-electron chi connectivity index (χ1n) is 6.42. The van der Waals surface area contributed by atoms with Crippen LogP contribution in [0.3, 0.4) is 0 Å². The van der Waals surface area contributed by atoms with Gasteiger partial charge in [0.1, 0.15) is 5.75 Å². The summed E-state index contributed by atoms with van der Waals surface area (Å²) in [6.45, 7) is 2.60. The number of hydrogen-bond donors (Lipinski definition) is 2. The highest BCUT2D eigenvalue weighted by molar-refractivity contribution is 5.99. The Balaban J connectivity index is 2.53. The van der Waals surface area contributed by atoms with Crippen LogP contribution in [0.2, 0.25) is 0 Å². The van der Waals surface area contributed by atoms with E-state index in [-0.39, 0.29) is 5.56 Å². The molecule has 104 valence electrons. The number of carbonyl (C=O) groups is 1. The summed E-state index contributed by atoms with van der Waals surface area (Å²) in [5.74, 6) is -0.163. The third kappa shape index (κ3) is 2.74. The number of anilines is 1. The Morgan fingerprint density at radius 1 is 1.20 bits per heavy atom. The fraction of sp³-hybridized carbons (Fsp3) is 0.188. The van der Waals surface area contributed by atoms with Crippen molar-refractivity contribution >= 4 is 11.7 Å². The first kappa shape index (κ1) is 13.9. The number of methoxy groups -OCH3 is 1. The van der Waals surface area contributed by atoms with E-state index >= 15 is 0 Å². The molecule has 2 N–H and O–H groups in total. The number of nitrogens with one attached hydrogen (secondary N) is 1. The smallest absolute Gasteiger partial charge is 0.337 e. The van der Waals surface area contributed by atoms with Crippen molar-refractivity contribution in [3.63, 3.8) is 0 Å². The summed E-state index contributed by atoms with van der Waals surface area (Å²) in [5, 5.41) is 12.4. The van der Waals surface area contributed by atoms with Crippen LogP contribution >= 0.6 is 0 Å². The maximum Gasteiger partial charge on any atom is 0.337 e. The molecular formula is C16H17NO3. The van der Waals surface area contributed by atoms with Gasteiger partial charge in [0.05, 0.1) is 18.4 Å². The van der Waals surface area contributed by atoms with Gasteiger partial charge in [0.15, 0.2) is 0 Å². The van der Waals surface area contributed by atoms with E-state index in [1.165, 1.54) is 0 Å². The Hall–Kier alpha value is -2.49. The predicted molar refractivity (Wildman–Crippen MR) is 79.6 cm³/mol. The lowest BCUT2D eigenvalue weighted by molar-refractivity contribution is 0.0698. The van der Waals surface area contributed by atoms with Crippen molar-refractivity contribution in [3.8, 4) is 16.9 Å². The van der Waals surface area contributed by atoms with Crippen LogP contribution in [0, 0.1) is 0 Å². The number of rotatable bonds is 5. The van der Waals surface area contributed by atoms with Crippen molar-refractivity contribution in [2.45, 2.75) is 6.92 Å². The van der Waals surface area contributed by atoms with Gasteiger partial charge in [-0.05, 0) is 30.7 Å². The molecule has 4 heteroatoms. The van der Waals surface area contributed by atoms with Crippen molar-refractivity contribution in [3.05, 3.63) is 48.0 Å². The Morgan fingerprint density at radius 2 is 1.90 bits per heavy atom. The molecule has 2 rings (SSSR count). The number of benzene rings is 2. The minimum absolute atomic E-state index is 0.278. The van der Waals surface area contributed by atoms with E-state index in [1.807, 2.05) is 37.3 Å². The Kier molecular flexibility index (Phi) is 4.25. The van der Waals surface area contributed by atoms with Crippen LogP contribution in [0.4, 0.5) is 5.69 Å². The van der Waals surface area contributed by atoms with E-state index in [0.29, 0.717) is 12.2 Å². The van der Waals surface area contributed by atoms with Crippen molar-refractivity contribution in [1.82, 2.24) is 0 Å². The van der Waals surface area contributed by atoms with Gasteiger partial charge in [-0.2, -0.15) is 0 Å². The normalized spacial score (nSPS) is 10.1. The molecule has 2 aromatic carbocycles. The largest absolute Gasteiger partial charge is 0.497 e. The lowest BCUT2D eigenvalue weighted by atomic mass is 9.99. The molecule has 0 aliphatic heterocycles. The second kappa shape index (κ2) is 6.10. The number of ether oxygens (including phenoxy) is 1. The number of hydrogen-bond acceptors (Lipinski definition) is 3. The quantitative estimate of drug-likeness (QED) is 0.874. The number of para-hydroxylation sites is 1. The lowest BCUT2D eigenvalue weighted by Gasteiger charge is -2.14. The first-order chi connectivity index (χ1) is 9.67. The van der Waals surface area contributed by atoms with E-state index in [1.54, 1.807) is 19.2 Å². The van der Waals surface area contributed by atoms with Gasteiger partial charge in [0.2, 0.25) is 0 Å². The standard InChI is InChI=1S/C16H17NO3/c1-3-17-15-13(5-4-6-14(15)16(18)19)11-7-9-12(20-2)10-8-11/h4-10,17H,3H2,1-2H3,(H,18,19). The molecule has 0 atom stereocenters. The van der Waals surface area contributed by atoms with Crippen LogP contribution in [0.15, 0.2) is 42.5 Å². The SMILES string of the molecule is CCNc1c(C(=O)O)cccc1-c1ccc(OC)cc1. The minimum atomic E-state index is -0.934. The zero-order chi connectivity index (χ0) is 14.5. The molecule has 0 saturated carbocycles. The van der Waals surface area contributed by atoms with Gasteiger partial charge in [-0.15, -0.1) is 0 Å². The molecule has 0 radical (unpaired) electrons. The van der Waals surface area contributed by atoms with Crippen molar-refractivity contribution < 1.29 is 14.6 Å². The fourth-order valence-corrected chi connectivity index (χ4v) is 2.11. The van der Waals surface area contributed by atoms with E-state index in [4.69, 9.17) is 4.74 Å². The summed E-state index contributed by atoms with van der Waals surface area (Å²) in [5.41, 5.74) is 2.74. The second-order valence-corrected chi connectivity index (χ2v) is 4.29. The molecule has 0 heterocycles. The monoisotopic (exact) mass is 271 g/mol. The summed E-state index contributed by atoms with van der Waals surface area (Å²) in [4.78, 5) is 11.3. The molecule has 2 aromatic rings. The molecule has 0 aliphatic carbocycles. The van der Waals surface area contributed by atoms with Gasteiger partial charge in [0, 0.05) is 12.1 Å². The van der Waals surface area contributed by atoms with Gasteiger partial charge in [-0.1, -0.05) is 24.3 Å². The molecule has 0 aliphatic rings. The molecular weight excluding hydrogens is 254 g/mol. The Labute approximate surface area is 118 Å².